The van der Waals surface area contributed by atoms with Gasteiger partial charge in [-0.15, -0.1) is 10.2 Å². The van der Waals surface area contributed by atoms with E-state index >= 15 is 0 Å². The van der Waals surface area contributed by atoms with Crippen LogP contribution in [0.1, 0.15) is 37.1 Å². The Kier molecular flexibility index (Phi) is 4.56. The van der Waals surface area contributed by atoms with Gasteiger partial charge in [0.2, 0.25) is 0 Å². The Morgan fingerprint density at radius 3 is 2.57 bits per heavy atom. The van der Waals surface area contributed by atoms with Crippen molar-refractivity contribution in [2.24, 2.45) is 0 Å². The van der Waals surface area contributed by atoms with Crippen molar-refractivity contribution in [2.45, 2.75) is 40.3 Å². The van der Waals surface area contributed by atoms with E-state index in [0.717, 1.165) is 55.8 Å². The van der Waals surface area contributed by atoms with Crippen molar-refractivity contribution >= 4 is 5.82 Å². The molecule has 0 atom stereocenters. The molecule has 0 amide bonds. The van der Waals surface area contributed by atoms with E-state index < -0.39 is 0 Å². The summed E-state index contributed by atoms with van der Waals surface area (Å²) in [5.74, 6) is 2.06. The first-order chi connectivity index (χ1) is 11.0. The van der Waals surface area contributed by atoms with Crippen LogP contribution in [0.3, 0.4) is 0 Å². The van der Waals surface area contributed by atoms with E-state index in [2.05, 4.69) is 48.4 Å². The number of piperazine rings is 1. The molecule has 3 heterocycles. The summed E-state index contributed by atoms with van der Waals surface area (Å²) in [6, 6.07) is 0.395. The summed E-state index contributed by atoms with van der Waals surface area (Å²) in [6.07, 6.45) is 3.65. The number of hydrogen-bond acceptors (Lipinski definition) is 6. The third-order valence-corrected chi connectivity index (χ3v) is 4.29. The zero-order chi connectivity index (χ0) is 16.4. The maximum absolute atomic E-state index is 4.65. The zero-order valence-electron chi connectivity index (χ0n) is 14.4. The van der Waals surface area contributed by atoms with Crippen LogP contribution in [-0.2, 0) is 6.54 Å². The standard InChI is InChI=1S/C16H25N7/c1-12(2)23-11-18-20-15(23)10-21-5-7-22(8-6-21)16-14(4)17-9-13(3)19-16/h9,11-12H,5-8,10H2,1-4H3. The number of anilines is 1. The summed E-state index contributed by atoms with van der Waals surface area (Å²) in [6.45, 7) is 13.1. The minimum absolute atomic E-state index is 0.395. The molecule has 1 fully saturated rings. The second kappa shape index (κ2) is 6.62. The molecule has 0 spiro atoms. The average Bonchev–Trinajstić information content (AvgIpc) is 2.99. The largest absolute Gasteiger partial charge is 0.353 e. The van der Waals surface area contributed by atoms with Crippen LogP contribution < -0.4 is 4.90 Å². The molecule has 2 aromatic rings. The molecule has 0 radical (unpaired) electrons. The summed E-state index contributed by atoms with van der Waals surface area (Å²) < 4.78 is 2.14. The molecule has 1 saturated heterocycles. The van der Waals surface area contributed by atoms with Crippen LogP contribution in [0.2, 0.25) is 0 Å². The maximum atomic E-state index is 4.65. The highest BCUT2D eigenvalue weighted by atomic mass is 15.3. The Labute approximate surface area is 137 Å². The van der Waals surface area contributed by atoms with Crippen molar-refractivity contribution in [1.82, 2.24) is 29.6 Å². The van der Waals surface area contributed by atoms with Crippen molar-refractivity contribution < 1.29 is 0 Å². The molecule has 0 bridgehead atoms. The maximum Gasteiger partial charge on any atom is 0.150 e. The summed E-state index contributed by atoms with van der Waals surface area (Å²) in [4.78, 5) is 13.8. The highest BCUT2D eigenvalue weighted by Crippen LogP contribution is 2.18. The average molecular weight is 315 g/mol. The van der Waals surface area contributed by atoms with Gasteiger partial charge in [0.1, 0.15) is 18.0 Å². The number of nitrogens with zero attached hydrogens (tertiary/aromatic N) is 7. The molecule has 3 rings (SSSR count). The normalized spacial score (nSPS) is 16.3. The fourth-order valence-electron chi connectivity index (χ4n) is 2.95. The van der Waals surface area contributed by atoms with Gasteiger partial charge in [-0.25, -0.2) is 4.98 Å². The van der Waals surface area contributed by atoms with E-state index in [4.69, 9.17) is 0 Å². The molecular formula is C16H25N7. The first-order valence-electron chi connectivity index (χ1n) is 8.20. The van der Waals surface area contributed by atoms with Crippen molar-refractivity contribution in [3.63, 3.8) is 0 Å². The van der Waals surface area contributed by atoms with E-state index in [-0.39, 0.29) is 0 Å². The monoisotopic (exact) mass is 315 g/mol. The fraction of sp³-hybridized carbons (Fsp3) is 0.625. The first-order valence-corrected chi connectivity index (χ1v) is 8.20. The lowest BCUT2D eigenvalue weighted by Gasteiger charge is -2.35. The molecule has 0 aromatic carbocycles. The van der Waals surface area contributed by atoms with Gasteiger partial charge in [-0.05, 0) is 27.7 Å². The van der Waals surface area contributed by atoms with Crippen molar-refractivity contribution in [1.29, 1.82) is 0 Å². The van der Waals surface area contributed by atoms with Gasteiger partial charge in [-0.2, -0.15) is 0 Å². The van der Waals surface area contributed by atoms with E-state index in [1.807, 2.05) is 26.4 Å². The van der Waals surface area contributed by atoms with Gasteiger partial charge in [0.15, 0.2) is 0 Å². The van der Waals surface area contributed by atoms with Gasteiger partial charge in [-0.3, -0.25) is 9.88 Å². The van der Waals surface area contributed by atoms with E-state index in [9.17, 15) is 0 Å². The summed E-state index contributed by atoms with van der Waals surface area (Å²) in [5.41, 5.74) is 1.97. The number of hydrogen-bond donors (Lipinski definition) is 0. The molecule has 7 nitrogen and oxygen atoms in total. The van der Waals surface area contributed by atoms with Gasteiger partial charge in [0, 0.05) is 38.4 Å². The van der Waals surface area contributed by atoms with Gasteiger partial charge < -0.3 is 9.47 Å². The molecular weight excluding hydrogens is 290 g/mol. The Morgan fingerprint density at radius 2 is 1.87 bits per heavy atom. The number of aryl methyl sites for hydroxylation is 2. The molecule has 0 aliphatic carbocycles. The Morgan fingerprint density at radius 1 is 1.13 bits per heavy atom. The molecule has 0 N–H and O–H groups in total. The number of aromatic nitrogens is 5. The molecule has 1 aliphatic heterocycles. The van der Waals surface area contributed by atoms with Crippen LogP contribution in [-0.4, -0.2) is 55.8 Å². The molecule has 0 unspecified atom stereocenters. The molecule has 7 heteroatoms. The van der Waals surface area contributed by atoms with Crippen LogP contribution >= 0.6 is 0 Å². The first kappa shape index (κ1) is 15.9. The van der Waals surface area contributed by atoms with E-state index in [1.54, 1.807) is 0 Å². The second-order valence-corrected chi connectivity index (χ2v) is 6.43. The zero-order valence-corrected chi connectivity index (χ0v) is 14.4. The van der Waals surface area contributed by atoms with Gasteiger partial charge >= 0.3 is 0 Å². The molecule has 0 saturated carbocycles. The summed E-state index contributed by atoms with van der Waals surface area (Å²) in [5, 5.41) is 8.32. The van der Waals surface area contributed by atoms with Gasteiger partial charge in [0.25, 0.3) is 0 Å². The lowest BCUT2D eigenvalue weighted by Crippen LogP contribution is -2.46. The van der Waals surface area contributed by atoms with Crippen LogP contribution in [0.25, 0.3) is 0 Å². The second-order valence-electron chi connectivity index (χ2n) is 6.43. The topological polar surface area (TPSA) is 63.0 Å². The van der Waals surface area contributed by atoms with Gasteiger partial charge in [-0.1, -0.05) is 0 Å². The van der Waals surface area contributed by atoms with Crippen molar-refractivity contribution in [2.75, 3.05) is 31.1 Å². The minimum Gasteiger partial charge on any atom is -0.353 e. The van der Waals surface area contributed by atoms with Crippen LogP contribution in [0.4, 0.5) is 5.82 Å². The third kappa shape index (κ3) is 3.50. The van der Waals surface area contributed by atoms with Crippen LogP contribution in [0.15, 0.2) is 12.5 Å². The minimum atomic E-state index is 0.395. The summed E-state index contributed by atoms with van der Waals surface area (Å²) >= 11 is 0. The molecule has 124 valence electrons. The van der Waals surface area contributed by atoms with Crippen LogP contribution in [0.5, 0.6) is 0 Å². The molecule has 1 aliphatic rings. The van der Waals surface area contributed by atoms with Crippen LogP contribution in [0, 0.1) is 13.8 Å². The van der Waals surface area contributed by atoms with Gasteiger partial charge in [0.05, 0.1) is 17.9 Å². The van der Waals surface area contributed by atoms with E-state index in [0.29, 0.717) is 6.04 Å². The predicted octanol–water partition coefficient (Wildman–Crippen LogP) is 1.59. The van der Waals surface area contributed by atoms with Crippen molar-refractivity contribution in [3.05, 3.63) is 29.7 Å². The Bertz CT molecular complexity index is 656. The molecule has 23 heavy (non-hydrogen) atoms. The predicted molar refractivity (Wildman–Crippen MR) is 89.4 cm³/mol. The van der Waals surface area contributed by atoms with Crippen molar-refractivity contribution in [3.8, 4) is 0 Å². The highest BCUT2D eigenvalue weighted by Gasteiger charge is 2.21. The lowest BCUT2D eigenvalue weighted by atomic mass is 10.2. The Balaban J connectivity index is 1.62. The smallest absolute Gasteiger partial charge is 0.150 e. The number of rotatable bonds is 4. The lowest BCUT2D eigenvalue weighted by molar-refractivity contribution is 0.238. The SMILES string of the molecule is Cc1cnc(C)c(N2CCN(Cc3nncn3C(C)C)CC2)n1. The molecule has 2 aromatic heterocycles. The van der Waals surface area contributed by atoms with E-state index in [1.165, 1.54) is 0 Å². The summed E-state index contributed by atoms with van der Waals surface area (Å²) in [7, 11) is 0. The highest BCUT2D eigenvalue weighted by molar-refractivity contribution is 5.43. The Hall–Kier alpha value is -2.02. The third-order valence-electron chi connectivity index (χ3n) is 4.29. The fourth-order valence-corrected chi connectivity index (χ4v) is 2.95. The quantitative estimate of drug-likeness (QED) is 0.854.